The van der Waals surface area contributed by atoms with Gasteiger partial charge in [-0.05, 0) is 67.6 Å². The topological polar surface area (TPSA) is 29.1 Å². The van der Waals surface area contributed by atoms with Crippen LogP contribution in [0, 0.1) is 13.8 Å². The zero-order valence-corrected chi connectivity index (χ0v) is 16.9. The molecule has 2 aromatic rings. The summed E-state index contributed by atoms with van der Waals surface area (Å²) in [6, 6.07) is 14.1. The Kier molecular flexibility index (Phi) is 7.39. The molecule has 1 amide bonds. The van der Waals surface area contributed by atoms with Crippen molar-refractivity contribution in [1.29, 1.82) is 0 Å². The van der Waals surface area contributed by atoms with Gasteiger partial charge in [0.25, 0.3) is 0 Å². The number of benzene rings is 2. The monoisotopic (exact) mass is 375 g/mol. The molecule has 4 heteroatoms. The van der Waals surface area contributed by atoms with Gasteiger partial charge in [0.2, 0.25) is 5.91 Å². The number of hydrogen-bond acceptors (Lipinski definition) is 2. The van der Waals surface area contributed by atoms with Crippen molar-refractivity contribution < 1.29 is 4.79 Å². The molecule has 0 radical (unpaired) electrons. The maximum Gasteiger partial charge on any atom is 0.233 e. The fraction of sp³-hybridized carbons (Fsp3) is 0.381. The highest BCUT2D eigenvalue weighted by Gasteiger charge is 2.21. The largest absolute Gasteiger partial charge is 0.348 e. The van der Waals surface area contributed by atoms with Crippen LogP contribution in [0.3, 0.4) is 0 Å². The number of carbonyl (C=O) groups excluding carboxylic acids is 1. The summed E-state index contributed by atoms with van der Waals surface area (Å²) in [5, 5.41) is 3.83. The van der Waals surface area contributed by atoms with Gasteiger partial charge < -0.3 is 5.32 Å². The first-order valence-corrected chi connectivity index (χ1v) is 10.00. The smallest absolute Gasteiger partial charge is 0.233 e. The molecule has 25 heavy (non-hydrogen) atoms. The van der Waals surface area contributed by atoms with Crippen LogP contribution < -0.4 is 5.32 Å². The third-order valence-corrected chi connectivity index (χ3v) is 6.04. The van der Waals surface area contributed by atoms with Crippen LogP contribution in [0.4, 0.5) is 0 Å². The third kappa shape index (κ3) is 5.52. The minimum Gasteiger partial charge on any atom is -0.348 e. The van der Waals surface area contributed by atoms with E-state index in [2.05, 4.69) is 44.3 Å². The first-order chi connectivity index (χ1) is 11.9. The summed E-state index contributed by atoms with van der Waals surface area (Å²) in [6.45, 7) is 8.37. The molecule has 134 valence electrons. The summed E-state index contributed by atoms with van der Waals surface area (Å²) in [5.41, 5.74) is 3.70. The Balaban J connectivity index is 2.08. The fourth-order valence-electron chi connectivity index (χ4n) is 2.67. The Morgan fingerprint density at radius 2 is 1.72 bits per heavy atom. The zero-order valence-electron chi connectivity index (χ0n) is 15.3. The maximum atomic E-state index is 12.8. The molecule has 0 bridgehead atoms. The Hall–Kier alpha value is -1.45. The summed E-state index contributed by atoms with van der Waals surface area (Å²) in [7, 11) is 0. The summed E-state index contributed by atoms with van der Waals surface area (Å²) < 4.78 is 0. The molecule has 0 unspecified atom stereocenters. The van der Waals surface area contributed by atoms with Gasteiger partial charge in [-0.3, -0.25) is 4.79 Å². The second kappa shape index (κ2) is 9.30. The Morgan fingerprint density at radius 3 is 2.28 bits per heavy atom. The lowest BCUT2D eigenvalue weighted by atomic mass is 9.99. The molecule has 0 aliphatic carbocycles. The number of hydrogen-bond donors (Lipinski definition) is 1. The SMILES string of the molecule is CC[C@H](Sc1ccc(Cl)cc1)C(=O)N[C@H](CC)c1ccc(C)c(C)c1. The first-order valence-electron chi connectivity index (χ1n) is 8.74. The van der Waals surface area contributed by atoms with Crippen molar-refractivity contribution in [3.8, 4) is 0 Å². The second-order valence-electron chi connectivity index (χ2n) is 6.28. The average molecular weight is 376 g/mol. The zero-order chi connectivity index (χ0) is 18.4. The second-order valence-corrected chi connectivity index (χ2v) is 7.99. The normalized spacial score (nSPS) is 13.3. The third-order valence-electron chi connectivity index (χ3n) is 4.41. The van der Waals surface area contributed by atoms with Crippen molar-refractivity contribution in [3.05, 3.63) is 64.2 Å². The van der Waals surface area contributed by atoms with Gasteiger partial charge in [-0.25, -0.2) is 0 Å². The molecule has 0 heterocycles. The predicted molar refractivity (Wildman–Crippen MR) is 108 cm³/mol. The number of aryl methyl sites for hydroxylation is 2. The van der Waals surface area contributed by atoms with Crippen LogP contribution in [-0.4, -0.2) is 11.2 Å². The molecule has 2 rings (SSSR count). The minimum atomic E-state index is -0.109. The van der Waals surface area contributed by atoms with Gasteiger partial charge in [-0.15, -0.1) is 11.8 Å². The quantitative estimate of drug-likeness (QED) is 0.593. The van der Waals surface area contributed by atoms with Crippen molar-refractivity contribution in [2.75, 3.05) is 0 Å². The first kappa shape index (κ1) is 19.9. The van der Waals surface area contributed by atoms with E-state index in [-0.39, 0.29) is 17.2 Å². The molecule has 1 N–H and O–H groups in total. The molecule has 0 aliphatic rings. The molecular weight excluding hydrogens is 350 g/mol. The predicted octanol–water partition coefficient (Wildman–Crippen LogP) is 6.10. The standard InChI is InChI=1S/C21H26ClNOS/c1-5-19(16-8-7-14(3)15(4)13-16)23-21(24)20(6-2)25-18-11-9-17(22)10-12-18/h7-13,19-20H,5-6H2,1-4H3,(H,23,24)/t19-,20+/m1/s1. The van der Waals surface area contributed by atoms with E-state index in [9.17, 15) is 4.79 Å². The van der Waals surface area contributed by atoms with E-state index >= 15 is 0 Å². The Morgan fingerprint density at radius 1 is 1.04 bits per heavy atom. The van der Waals surface area contributed by atoms with Gasteiger partial charge >= 0.3 is 0 Å². The molecule has 2 nitrogen and oxygen atoms in total. The van der Waals surface area contributed by atoms with Gasteiger partial charge in [-0.1, -0.05) is 43.6 Å². The van der Waals surface area contributed by atoms with Gasteiger partial charge in [0, 0.05) is 9.92 Å². The number of thioether (sulfide) groups is 1. The summed E-state index contributed by atoms with van der Waals surface area (Å²) >= 11 is 7.52. The molecule has 0 spiro atoms. The van der Waals surface area contributed by atoms with Crippen molar-refractivity contribution in [1.82, 2.24) is 5.32 Å². The Labute approximate surface area is 160 Å². The van der Waals surface area contributed by atoms with E-state index in [0.29, 0.717) is 5.02 Å². The van der Waals surface area contributed by atoms with E-state index in [1.54, 1.807) is 11.8 Å². The summed E-state index contributed by atoms with van der Waals surface area (Å²) in [4.78, 5) is 13.8. The lowest BCUT2D eigenvalue weighted by Crippen LogP contribution is -2.35. The molecule has 0 aliphatic heterocycles. The Bertz CT molecular complexity index is 714. The molecular formula is C21H26ClNOS. The number of carbonyl (C=O) groups is 1. The minimum absolute atomic E-state index is 0.0478. The van der Waals surface area contributed by atoms with Crippen LogP contribution >= 0.6 is 23.4 Å². The molecule has 0 saturated carbocycles. The van der Waals surface area contributed by atoms with Crippen LogP contribution in [0.2, 0.25) is 5.02 Å². The number of rotatable bonds is 7. The van der Waals surface area contributed by atoms with Crippen LogP contribution in [0.15, 0.2) is 47.4 Å². The van der Waals surface area contributed by atoms with Crippen LogP contribution in [0.5, 0.6) is 0 Å². The van der Waals surface area contributed by atoms with E-state index in [0.717, 1.165) is 17.7 Å². The fourth-order valence-corrected chi connectivity index (χ4v) is 3.76. The number of amides is 1. The highest BCUT2D eigenvalue weighted by molar-refractivity contribution is 8.00. The number of nitrogens with one attached hydrogen (secondary N) is 1. The van der Waals surface area contributed by atoms with Crippen molar-refractivity contribution in [3.63, 3.8) is 0 Å². The molecule has 2 atom stereocenters. The molecule has 0 saturated heterocycles. The lowest BCUT2D eigenvalue weighted by Gasteiger charge is -2.22. The van der Waals surface area contributed by atoms with Gasteiger partial charge in [0.1, 0.15) is 0 Å². The molecule has 0 fully saturated rings. The van der Waals surface area contributed by atoms with Crippen molar-refractivity contribution >= 4 is 29.3 Å². The van der Waals surface area contributed by atoms with Crippen molar-refractivity contribution in [2.45, 2.75) is 56.7 Å². The van der Waals surface area contributed by atoms with Crippen LogP contribution in [0.25, 0.3) is 0 Å². The van der Waals surface area contributed by atoms with E-state index in [4.69, 9.17) is 11.6 Å². The number of halogens is 1. The van der Waals surface area contributed by atoms with Gasteiger partial charge in [0.15, 0.2) is 0 Å². The van der Waals surface area contributed by atoms with E-state index < -0.39 is 0 Å². The molecule has 2 aromatic carbocycles. The van der Waals surface area contributed by atoms with E-state index in [1.807, 2.05) is 31.2 Å². The van der Waals surface area contributed by atoms with Crippen LogP contribution in [-0.2, 0) is 4.79 Å². The van der Waals surface area contributed by atoms with E-state index in [1.165, 1.54) is 16.7 Å². The summed E-state index contributed by atoms with van der Waals surface area (Å²) in [5.74, 6) is 0.0903. The van der Waals surface area contributed by atoms with Crippen molar-refractivity contribution in [2.24, 2.45) is 0 Å². The molecule has 0 aromatic heterocycles. The highest BCUT2D eigenvalue weighted by Crippen LogP contribution is 2.28. The summed E-state index contributed by atoms with van der Waals surface area (Å²) in [6.07, 6.45) is 1.65. The van der Waals surface area contributed by atoms with Crippen LogP contribution in [0.1, 0.15) is 49.4 Å². The lowest BCUT2D eigenvalue weighted by molar-refractivity contribution is -0.121. The van der Waals surface area contributed by atoms with Gasteiger partial charge in [-0.2, -0.15) is 0 Å². The maximum absolute atomic E-state index is 12.8. The average Bonchev–Trinajstić information content (AvgIpc) is 2.61. The highest BCUT2D eigenvalue weighted by atomic mass is 35.5. The van der Waals surface area contributed by atoms with Gasteiger partial charge in [0.05, 0.1) is 11.3 Å².